The summed E-state index contributed by atoms with van der Waals surface area (Å²) < 4.78 is 5.86. The van der Waals surface area contributed by atoms with E-state index in [9.17, 15) is 9.59 Å². The number of nitrogens with zero attached hydrogens (tertiary/aromatic N) is 2. The maximum absolute atomic E-state index is 13.3. The van der Waals surface area contributed by atoms with E-state index >= 15 is 0 Å². The van der Waals surface area contributed by atoms with Gasteiger partial charge in [-0.2, -0.15) is 0 Å². The molecule has 0 saturated carbocycles. The van der Waals surface area contributed by atoms with Crippen LogP contribution in [-0.2, 0) is 9.59 Å². The number of ether oxygens (including phenoxy) is 1. The zero-order valence-electron chi connectivity index (χ0n) is 17.8. The molecule has 2 aromatic carbocycles. The van der Waals surface area contributed by atoms with Crippen molar-refractivity contribution in [3.05, 3.63) is 87.7 Å². The molecule has 0 atom stereocenters. The number of rotatable bonds is 7. The van der Waals surface area contributed by atoms with Gasteiger partial charge in [0.25, 0.3) is 11.8 Å². The molecule has 2 amide bonds. The van der Waals surface area contributed by atoms with Crippen LogP contribution >= 0.6 is 11.3 Å². The minimum atomic E-state index is -0.302. The maximum Gasteiger partial charge on any atom is 0.278 e. The van der Waals surface area contributed by atoms with Crippen molar-refractivity contribution in [2.75, 3.05) is 25.1 Å². The van der Waals surface area contributed by atoms with E-state index in [0.717, 1.165) is 27.4 Å². The van der Waals surface area contributed by atoms with Crippen LogP contribution in [0, 0.1) is 13.8 Å². The molecule has 0 bridgehead atoms. The number of benzene rings is 2. The van der Waals surface area contributed by atoms with E-state index in [-0.39, 0.29) is 25.0 Å². The predicted octanol–water partition coefficient (Wildman–Crippen LogP) is 4.66. The van der Waals surface area contributed by atoms with E-state index in [1.807, 2.05) is 80.9 Å². The van der Waals surface area contributed by atoms with Crippen LogP contribution in [0.3, 0.4) is 0 Å². The van der Waals surface area contributed by atoms with Gasteiger partial charge < -0.3 is 9.64 Å². The molecule has 3 aromatic rings. The molecule has 6 heteroatoms. The van der Waals surface area contributed by atoms with Gasteiger partial charge in [0.05, 0.1) is 12.1 Å². The third-order valence-electron chi connectivity index (χ3n) is 5.17. The van der Waals surface area contributed by atoms with Gasteiger partial charge in [-0.05, 0) is 60.7 Å². The van der Waals surface area contributed by atoms with Crippen molar-refractivity contribution in [1.82, 2.24) is 4.90 Å². The summed E-state index contributed by atoms with van der Waals surface area (Å²) in [4.78, 5) is 30.5. The van der Waals surface area contributed by atoms with Crippen molar-refractivity contribution in [3.8, 4) is 5.75 Å². The van der Waals surface area contributed by atoms with Gasteiger partial charge in [-0.1, -0.05) is 30.3 Å². The molecule has 0 N–H and O–H groups in total. The molecule has 5 nitrogen and oxygen atoms in total. The average Bonchev–Trinajstić information content (AvgIpc) is 3.35. The first-order valence-electron chi connectivity index (χ1n) is 10.1. The van der Waals surface area contributed by atoms with E-state index in [1.165, 1.54) is 16.2 Å². The highest BCUT2D eigenvalue weighted by Gasteiger charge is 2.41. The Morgan fingerprint density at radius 3 is 2.29 bits per heavy atom. The van der Waals surface area contributed by atoms with Crippen LogP contribution in [0.5, 0.6) is 5.75 Å². The molecule has 4 rings (SSSR count). The predicted molar refractivity (Wildman–Crippen MR) is 124 cm³/mol. The van der Waals surface area contributed by atoms with Crippen LogP contribution in [0.4, 0.5) is 5.69 Å². The Balaban J connectivity index is 1.58. The van der Waals surface area contributed by atoms with E-state index in [0.29, 0.717) is 11.3 Å². The number of anilines is 1. The number of amides is 2. The number of imide groups is 1. The number of carbonyl (C=O) groups is 2. The highest BCUT2D eigenvalue weighted by atomic mass is 32.1. The van der Waals surface area contributed by atoms with Crippen LogP contribution in [0.25, 0.3) is 5.57 Å². The van der Waals surface area contributed by atoms with Crippen molar-refractivity contribution >= 4 is 34.4 Å². The second kappa shape index (κ2) is 8.78. The Bertz CT molecular complexity index is 1120. The number of thiophene rings is 1. The summed E-state index contributed by atoms with van der Waals surface area (Å²) in [7, 11) is 1.82. The number of hydrogen-bond donors (Lipinski definition) is 0. The number of likely N-dealkylation sites (N-methyl/N-ethyl adjacent to an activating group) is 1. The minimum absolute atomic E-state index is 0.186. The van der Waals surface area contributed by atoms with Gasteiger partial charge in [-0.15, -0.1) is 11.3 Å². The van der Waals surface area contributed by atoms with Crippen molar-refractivity contribution in [3.63, 3.8) is 0 Å². The molecule has 0 saturated heterocycles. The van der Waals surface area contributed by atoms with Gasteiger partial charge in [0.1, 0.15) is 18.1 Å². The standard InChI is InChI=1S/C25H24N2O3S/c1-17-14-18(2)16-20(15-17)30-12-11-27-24(28)22(21-10-7-13-31-21)23(25(27)29)26(3)19-8-5-4-6-9-19/h4-10,13-16H,11-12H2,1-3H3. The minimum Gasteiger partial charge on any atom is -0.492 e. The lowest BCUT2D eigenvalue weighted by Gasteiger charge is -2.21. The van der Waals surface area contributed by atoms with Crippen molar-refractivity contribution < 1.29 is 14.3 Å². The quantitative estimate of drug-likeness (QED) is 0.510. The normalized spacial score (nSPS) is 13.8. The fourth-order valence-corrected chi connectivity index (χ4v) is 4.53. The lowest BCUT2D eigenvalue weighted by molar-refractivity contribution is -0.137. The van der Waals surface area contributed by atoms with Gasteiger partial charge in [-0.25, -0.2) is 0 Å². The van der Waals surface area contributed by atoms with Gasteiger partial charge in [-0.3, -0.25) is 14.5 Å². The Labute approximate surface area is 186 Å². The van der Waals surface area contributed by atoms with E-state index in [2.05, 4.69) is 6.07 Å². The summed E-state index contributed by atoms with van der Waals surface area (Å²) in [5, 5.41) is 1.91. The maximum atomic E-state index is 13.3. The lowest BCUT2D eigenvalue weighted by atomic mass is 10.1. The molecule has 1 aliphatic rings. The molecule has 0 fully saturated rings. The van der Waals surface area contributed by atoms with Crippen molar-refractivity contribution in [1.29, 1.82) is 0 Å². The van der Waals surface area contributed by atoms with E-state index < -0.39 is 0 Å². The molecule has 0 aliphatic carbocycles. The summed E-state index contributed by atoms with van der Waals surface area (Å²) in [6.45, 7) is 4.44. The Morgan fingerprint density at radius 1 is 0.935 bits per heavy atom. The van der Waals surface area contributed by atoms with Gasteiger partial charge in [0.15, 0.2) is 0 Å². The number of aryl methyl sites for hydroxylation is 2. The Kier molecular flexibility index (Phi) is 5.91. The molecule has 1 aliphatic heterocycles. The summed E-state index contributed by atoms with van der Waals surface area (Å²) in [6.07, 6.45) is 0. The van der Waals surface area contributed by atoms with Crippen LogP contribution in [-0.4, -0.2) is 36.9 Å². The summed E-state index contributed by atoms with van der Waals surface area (Å²) in [6, 6.07) is 19.3. The second-order valence-corrected chi connectivity index (χ2v) is 8.48. The summed E-state index contributed by atoms with van der Waals surface area (Å²) >= 11 is 1.45. The number of hydrogen-bond acceptors (Lipinski definition) is 5. The smallest absolute Gasteiger partial charge is 0.278 e. The average molecular weight is 433 g/mol. The zero-order valence-corrected chi connectivity index (χ0v) is 18.6. The van der Waals surface area contributed by atoms with Crippen LogP contribution < -0.4 is 9.64 Å². The molecule has 31 heavy (non-hydrogen) atoms. The number of para-hydroxylation sites is 1. The third-order valence-corrected chi connectivity index (χ3v) is 6.06. The molecule has 0 unspecified atom stereocenters. The molecule has 0 spiro atoms. The third kappa shape index (κ3) is 4.25. The van der Waals surface area contributed by atoms with E-state index in [1.54, 1.807) is 4.90 Å². The monoisotopic (exact) mass is 432 g/mol. The van der Waals surface area contributed by atoms with Crippen LogP contribution in [0.1, 0.15) is 16.0 Å². The van der Waals surface area contributed by atoms with E-state index in [4.69, 9.17) is 4.74 Å². The first-order valence-corrected chi connectivity index (χ1v) is 11.0. The zero-order chi connectivity index (χ0) is 22.0. The molecule has 1 aromatic heterocycles. The van der Waals surface area contributed by atoms with Gasteiger partial charge >= 0.3 is 0 Å². The molecule has 0 radical (unpaired) electrons. The first kappa shape index (κ1) is 20.9. The Morgan fingerprint density at radius 2 is 1.65 bits per heavy atom. The fraction of sp³-hybridized carbons (Fsp3) is 0.200. The van der Waals surface area contributed by atoms with Crippen LogP contribution in [0.15, 0.2) is 71.7 Å². The van der Waals surface area contributed by atoms with Crippen molar-refractivity contribution in [2.24, 2.45) is 0 Å². The van der Waals surface area contributed by atoms with Gasteiger partial charge in [0.2, 0.25) is 0 Å². The number of carbonyl (C=O) groups excluding carboxylic acids is 2. The molecular formula is C25H24N2O3S. The fourth-order valence-electron chi connectivity index (χ4n) is 3.77. The largest absolute Gasteiger partial charge is 0.492 e. The Hall–Kier alpha value is -3.38. The van der Waals surface area contributed by atoms with Gasteiger partial charge in [0, 0.05) is 17.6 Å². The summed E-state index contributed by atoms with van der Waals surface area (Å²) in [5.74, 6) is 0.155. The first-order chi connectivity index (χ1) is 15.0. The highest BCUT2D eigenvalue weighted by molar-refractivity contribution is 7.11. The topological polar surface area (TPSA) is 49.9 Å². The van der Waals surface area contributed by atoms with Crippen molar-refractivity contribution in [2.45, 2.75) is 13.8 Å². The molecule has 2 heterocycles. The molecule has 158 valence electrons. The highest BCUT2D eigenvalue weighted by Crippen LogP contribution is 2.35. The van der Waals surface area contributed by atoms with Crippen LogP contribution in [0.2, 0.25) is 0 Å². The SMILES string of the molecule is Cc1cc(C)cc(OCCN2C(=O)C(c3cccs3)=C(N(C)c3ccccc3)C2=O)c1. The molecular weight excluding hydrogens is 408 g/mol. The lowest BCUT2D eigenvalue weighted by Crippen LogP contribution is -2.37. The summed E-state index contributed by atoms with van der Waals surface area (Å²) in [5.41, 5.74) is 3.90. The second-order valence-electron chi connectivity index (χ2n) is 7.53.